The molecule has 1 aromatic rings. The fourth-order valence-electron chi connectivity index (χ4n) is 0.916. The molecule has 0 amide bonds. The average Bonchev–Trinajstić information content (AvgIpc) is 2.35. The van der Waals surface area contributed by atoms with Gasteiger partial charge >= 0.3 is 0 Å². The second-order valence-electron chi connectivity index (χ2n) is 2.71. The number of halogens is 2. The summed E-state index contributed by atoms with van der Waals surface area (Å²) in [6.45, 7) is 1.95. The zero-order valence-electron chi connectivity index (χ0n) is 6.76. The largest absolute Gasteiger partial charge is 0.323 e. The van der Waals surface area contributed by atoms with Crippen LogP contribution in [-0.4, -0.2) is 12.5 Å². The van der Waals surface area contributed by atoms with E-state index in [9.17, 15) is 8.78 Å². The first-order valence-corrected chi connectivity index (χ1v) is 4.50. The molecule has 1 unspecified atom stereocenters. The van der Waals surface area contributed by atoms with E-state index in [1.807, 2.05) is 19.1 Å². The molecular formula is C8H11F2NS. The minimum absolute atomic E-state index is 0.274. The molecule has 1 nitrogen and oxygen atoms in total. The van der Waals surface area contributed by atoms with Gasteiger partial charge in [0.15, 0.2) is 0 Å². The maximum absolute atomic E-state index is 12.0. The van der Waals surface area contributed by atoms with Crippen molar-refractivity contribution in [1.82, 2.24) is 0 Å². The van der Waals surface area contributed by atoms with E-state index in [1.54, 1.807) is 0 Å². The van der Waals surface area contributed by atoms with Gasteiger partial charge in [0.25, 0.3) is 6.43 Å². The Labute approximate surface area is 74.2 Å². The van der Waals surface area contributed by atoms with Crippen molar-refractivity contribution in [2.75, 3.05) is 0 Å². The molecule has 68 valence electrons. The molecule has 0 fully saturated rings. The molecule has 0 bridgehead atoms. The minimum Gasteiger partial charge on any atom is -0.323 e. The van der Waals surface area contributed by atoms with Gasteiger partial charge < -0.3 is 5.73 Å². The van der Waals surface area contributed by atoms with Crippen LogP contribution in [0.5, 0.6) is 0 Å². The number of aryl methyl sites for hydroxylation is 1. The van der Waals surface area contributed by atoms with Crippen LogP contribution < -0.4 is 5.73 Å². The van der Waals surface area contributed by atoms with Gasteiger partial charge in [-0.05, 0) is 19.1 Å². The van der Waals surface area contributed by atoms with Crippen molar-refractivity contribution in [2.45, 2.75) is 25.8 Å². The summed E-state index contributed by atoms with van der Waals surface area (Å²) < 4.78 is 24.0. The quantitative estimate of drug-likeness (QED) is 0.778. The Bertz CT molecular complexity index is 247. The van der Waals surface area contributed by atoms with Crippen molar-refractivity contribution in [3.63, 3.8) is 0 Å². The molecule has 0 saturated heterocycles. The molecule has 0 aliphatic rings. The third kappa shape index (κ3) is 2.53. The fraction of sp³-hybridized carbons (Fsp3) is 0.500. The van der Waals surface area contributed by atoms with Gasteiger partial charge in [0.05, 0.1) is 6.04 Å². The third-order valence-electron chi connectivity index (χ3n) is 1.56. The van der Waals surface area contributed by atoms with Crippen molar-refractivity contribution in [2.24, 2.45) is 5.73 Å². The van der Waals surface area contributed by atoms with Gasteiger partial charge in [-0.25, -0.2) is 8.78 Å². The van der Waals surface area contributed by atoms with Gasteiger partial charge in [0, 0.05) is 16.2 Å². The average molecular weight is 191 g/mol. The lowest BCUT2D eigenvalue weighted by Crippen LogP contribution is -2.30. The van der Waals surface area contributed by atoms with Crippen LogP contribution in [0.1, 0.15) is 9.75 Å². The van der Waals surface area contributed by atoms with E-state index in [2.05, 4.69) is 0 Å². The second kappa shape index (κ2) is 3.96. The Kier molecular flexibility index (Phi) is 3.17. The van der Waals surface area contributed by atoms with Gasteiger partial charge in [-0.2, -0.15) is 0 Å². The molecule has 1 rings (SSSR count). The molecule has 4 heteroatoms. The summed E-state index contributed by atoms with van der Waals surface area (Å²) in [7, 11) is 0. The van der Waals surface area contributed by atoms with E-state index in [1.165, 1.54) is 11.3 Å². The first-order valence-electron chi connectivity index (χ1n) is 3.68. The Morgan fingerprint density at radius 2 is 2.17 bits per heavy atom. The van der Waals surface area contributed by atoms with Crippen LogP contribution in [0.25, 0.3) is 0 Å². The zero-order valence-corrected chi connectivity index (χ0v) is 7.57. The molecule has 1 atom stereocenters. The number of hydrogen-bond donors (Lipinski definition) is 1. The van der Waals surface area contributed by atoms with Crippen LogP contribution in [0.3, 0.4) is 0 Å². The monoisotopic (exact) mass is 191 g/mol. The van der Waals surface area contributed by atoms with Crippen molar-refractivity contribution in [1.29, 1.82) is 0 Å². The third-order valence-corrected chi connectivity index (χ3v) is 2.58. The van der Waals surface area contributed by atoms with Gasteiger partial charge in [-0.3, -0.25) is 0 Å². The summed E-state index contributed by atoms with van der Waals surface area (Å²) in [5, 5.41) is 0. The smallest absolute Gasteiger partial charge is 0.253 e. The fourth-order valence-corrected chi connectivity index (χ4v) is 1.88. The van der Waals surface area contributed by atoms with Crippen LogP contribution in [0, 0.1) is 6.92 Å². The molecule has 0 spiro atoms. The Hall–Kier alpha value is -0.480. The lowest BCUT2D eigenvalue weighted by molar-refractivity contribution is 0.116. The molecule has 1 aromatic heterocycles. The summed E-state index contributed by atoms with van der Waals surface area (Å²) in [4.78, 5) is 2.06. The summed E-state index contributed by atoms with van der Waals surface area (Å²) >= 11 is 1.52. The molecular weight excluding hydrogens is 180 g/mol. The van der Waals surface area contributed by atoms with Crippen molar-refractivity contribution >= 4 is 11.3 Å². The number of alkyl halides is 2. The van der Waals surface area contributed by atoms with Gasteiger partial charge in [-0.1, -0.05) is 0 Å². The highest BCUT2D eigenvalue weighted by Crippen LogP contribution is 2.17. The van der Waals surface area contributed by atoms with E-state index in [4.69, 9.17) is 5.73 Å². The SMILES string of the molecule is Cc1ccc(CC(N)C(F)F)s1. The molecule has 0 saturated carbocycles. The Morgan fingerprint density at radius 1 is 1.50 bits per heavy atom. The molecule has 0 aliphatic carbocycles. The van der Waals surface area contributed by atoms with Crippen LogP contribution >= 0.6 is 11.3 Å². The Balaban J connectivity index is 2.52. The molecule has 1 heterocycles. The predicted molar refractivity (Wildman–Crippen MR) is 46.7 cm³/mol. The van der Waals surface area contributed by atoms with Crippen molar-refractivity contribution in [3.05, 3.63) is 21.9 Å². The van der Waals surface area contributed by atoms with Gasteiger partial charge in [0.1, 0.15) is 0 Å². The van der Waals surface area contributed by atoms with Gasteiger partial charge in [0.2, 0.25) is 0 Å². The summed E-state index contributed by atoms with van der Waals surface area (Å²) in [5.41, 5.74) is 5.21. The first kappa shape index (κ1) is 9.61. The minimum atomic E-state index is -2.42. The first-order chi connectivity index (χ1) is 5.59. The number of thiophene rings is 1. The molecule has 2 N–H and O–H groups in total. The maximum Gasteiger partial charge on any atom is 0.253 e. The van der Waals surface area contributed by atoms with Crippen molar-refractivity contribution in [3.8, 4) is 0 Å². The highest BCUT2D eigenvalue weighted by Gasteiger charge is 2.15. The van der Waals surface area contributed by atoms with E-state index in [0.717, 1.165) is 9.75 Å². The van der Waals surface area contributed by atoms with E-state index >= 15 is 0 Å². The standard InChI is InChI=1S/C8H11F2NS/c1-5-2-3-6(12-5)4-7(11)8(9)10/h2-3,7-8H,4,11H2,1H3. The van der Waals surface area contributed by atoms with Crippen molar-refractivity contribution < 1.29 is 8.78 Å². The van der Waals surface area contributed by atoms with Crippen LogP contribution in [0.4, 0.5) is 8.78 Å². The van der Waals surface area contributed by atoms with Gasteiger partial charge in [-0.15, -0.1) is 11.3 Å². The van der Waals surface area contributed by atoms with Crippen LogP contribution in [0.15, 0.2) is 12.1 Å². The lowest BCUT2D eigenvalue weighted by Gasteiger charge is -2.07. The molecule has 0 radical (unpaired) electrons. The molecule has 0 aliphatic heterocycles. The predicted octanol–water partition coefficient (Wildman–Crippen LogP) is 2.19. The van der Waals surface area contributed by atoms with E-state index in [-0.39, 0.29) is 6.42 Å². The summed E-state index contributed by atoms with van der Waals surface area (Å²) in [6, 6.07) is 2.74. The number of nitrogens with two attached hydrogens (primary N) is 1. The van der Waals surface area contributed by atoms with Crippen LogP contribution in [0.2, 0.25) is 0 Å². The van der Waals surface area contributed by atoms with Crippen LogP contribution in [-0.2, 0) is 6.42 Å². The highest BCUT2D eigenvalue weighted by molar-refractivity contribution is 7.11. The molecule has 12 heavy (non-hydrogen) atoms. The number of rotatable bonds is 3. The number of hydrogen-bond acceptors (Lipinski definition) is 2. The lowest BCUT2D eigenvalue weighted by atomic mass is 10.2. The van der Waals surface area contributed by atoms with E-state index in [0.29, 0.717) is 0 Å². The van der Waals surface area contributed by atoms with E-state index < -0.39 is 12.5 Å². The Morgan fingerprint density at radius 3 is 2.58 bits per heavy atom. The highest BCUT2D eigenvalue weighted by atomic mass is 32.1. The zero-order chi connectivity index (χ0) is 9.14. The topological polar surface area (TPSA) is 26.0 Å². The second-order valence-corrected chi connectivity index (χ2v) is 4.09. The summed E-state index contributed by atoms with van der Waals surface area (Å²) in [6.07, 6.45) is -2.15. The summed E-state index contributed by atoms with van der Waals surface area (Å²) in [5.74, 6) is 0. The normalized spacial score (nSPS) is 13.8. The molecule has 0 aromatic carbocycles. The maximum atomic E-state index is 12.0.